The van der Waals surface area contributed by atoms with Crippen molar-refractivity contribution in [3.63, 3.8) is 0 Å². The molecule has 1 saturated heterocycles. The summed E-state index contributed by atoms with van der Waals surface area (Å²) in [4.78, 5) is 48.7. The van der Waals surface area contributed by atoms with Crippen molar-refractivity contribution in [3.8, 4) is 0 Å². The van der Waals surface area contributed by atoms with E-state index < -0.39 is 5.91 Å². The first-order valence-corrected chi connectivity index (χ1v) is 9.49. The standard InChI is InChI=1S/C20H21N5O4/c26-17-12-25(16-5-2-1-4-15(16)23-17)18(27)13-29-19(28)14-6-10-24(11-7-14)20-21-8-3-9-22-20/h1-5,8-9,14H,6-7,10-13H2,(H,23,26). The first-order valence-electron chi connectivity index (χ1n) is 9.49. The fourth-order valence-corrected chi connectivity index (χ4v) is 3.55. The van der Waals surface area contributed by atoms with E-state index in [0.29, 0.717) is 43.3 Å². The van der Waals surface area contributed by atoms with Gasteiger partial charge in [-0.15, -0.1) is 0 Å². The van der Waals surface area contributed by atoms with Crippen molar-refractivity contribution in [2.75, 3.05) is 41.4 Å². The number of rotatable bonds is 4. The summed E-state index contributed by atoms with van der Waals surface area (Å²) < 4.78 is 5.28. The van der Waals surface area contributed by atoms with Gasteiger partial charge >= 0.3 is 5.97 Å². The van der Waals surface area contributed by atoms with Gasteiger partial charge in [0.05, 0.1) is 17.3 Å². The van der Waals surface area contributed by atoms with Crippen molar-refractivity contribution in [2.45, 2.75) is 12.8 Å². The quantitative estimate of drug-likeness (QED) is 0.776. The number of para-hydroxylation sites is 2. The van der Waals surface area contributed by atoms with Crippen LogP contribution in [-0.4, -0.2) is 54.0 Å². The number of benzene rings is 1. The highest BCUT2D eigenvalue weighted by Gasteiger charge is 2.30. The SMILES string of the molecule is O=C1CN(C(=O)COC(=O)C2CCN(c3ncccn3)CC2)c2ccccc2N1. The molecule has 2 aliphatic heterocycles. The molecule has 0 atom stereocenters. The molecule has 3 heterocycles. The van der Waals surface area contributed by atoms with Gasteiger partial charge in [-0.2, -0.15) is 0 Å². The first kappa shape index (κ1) is 18.9. The van der Waals surface area contributed by atoms with Gasteiger partial charge in [0.15, 0.2) is 6.61 Å². The molecule has 0 saturated carbocycles. The molecule has 1 fully saturated rings. The first-order chi connectivity index (χ1) is 14.1. The Labute approximate surface area is 167 Å². The lowest BCUT2D eigenvalue weighted by Crippen LogP contribution is -2.44. The van der Waals surface area contributed by atoms with Crippen molar-refractivity contribution in [1.29, 1.82) is 0 Å². The molecule has 9 heteroatoms. The lowest BCUT2D eigenvalue weighted by Gasteiger charge is -2.31. The Balaban J connectivity index is 1.30. The summed E-state index contributed by atoms with van der Waals surface area (Å²) in [6.07, 6.45) is 4.60. The van der Waals surface area contributed by atoms with E-state index in [0.717, 1.165) is 0 Å². The van der Waals surface area contributed by atoms with Crippen LogP contribution in [0.25, 0.3) is 0 Å². The van der Waals surface area contributed by atoms with Gasteiger partial charge in [-0.05, 0) is 31.0 Å². The number of piperidine rings is 1. The van der Waals surface area contributed by atoms with Crippen LogP contribution < -0.4 is 15.1 Å². The lowest BCUT2D eigenvalue weighted by molar-refractivity contribution is -0.152. The number of esters is 1. The second-order valence-corrected chi connectivity index (χ2v) is 6.96. The number of nitrogens with one attached hydrogen (secondary N) is 1. The van der Waals surface area contributed by atoms with Crippen molar-refractivity contribution < 1.29 is 19.1 Å². The van der Waals surface area contributed by atoms with Gasteiger partial charge in [0.2, 0.25) is 11.9 Å². The molecule has 0 spiro atoms. The van der Waals surface area contributed by atoms with E-state index in [9.17, 15) is 14.4 Å². The number of amides is 2. The number of nitrogens with zero attached hydrogens (tertiary/aromatic N) is 4. The molecule has 1 N–H and O–H groups in total. The van der Waals surface area contributed by atoms with Crippen molar-refractivity contribution in [2.24, 2.45) is 5.92 Å². The number of ether oxygens (including phenoxy) is 1. The predicted molar refractivity (Wildman–Crippen MR) is 105 cm³/mol. The maximum Gasteiger partial charge on any atom is 0.309 e. The lowest BCUT2D eigenvalue weighted by atomic mass is 9.97. The summed E-state index contributed by atoms with van der Waals surface area (Å²) in [6.45, 7) is 0.820. The third-order valence-corrected chi connectivity index (χ3v) is 5.07. The minimum atomic E-state index is -0.421. The number of hydrogen-bond donors (Lipinski definition) is 1. The normalized spacial score (nSPS) is 16.8. The summed E-state index contributed by atoms with van der Waals surface area (Å²) >= 11 is 0. The Hall–Kier alpha value is -3.49. The summed E-state index contributed by atoms with van der Waals surface area (Å²) in [6, 6.07) is 8.79. The Bertz CT molecular complexity index is 912. The predicted octanol–water partition coefficient (Wildman–Crippen LogP) is 1.22. The second-order valence-electron chi connectivity index (χ2n) is 6.96. The number of carbonyl (C=O) groups is 3. The number of fused-ring (bicyclic) bond motifs is 1. The monoisotopic (exact) mass is 395 g/mol. The molecule has 150 valence electrons. The highest BCUT2D eigenvalue weighted by atomic mass is 16.5. The van der Waals surface area contributed by atoms with Gasteiger partial charge in [-0.3, -0.25) is 19.3 Å². The minimum Gasteiger partial charge on any atom is -0.455 e. The third-order valence-electron chi connectivity index (χ3n) is 5.07. The van der Waals surface area contributed by atoms with Crippen LogP contribution in [0, 0.1) is 5.92 Å². The Kier molecular flexibility index (Phi) is 5.37. The molecule has 2 aliphatic rings. The molecular formula is C20H21N5O4. The zero-order chi connectivity index (χ0) is 20.2. The zero-order valence-corrected chi connectivity index (χ0v) is 15.8. The van der Waals surface area contributed by atoms with Gasteiger partial charge in [-0.1, -0.05) is 12.1 Å². The summed E-state index contributed by atoms with van der Waals surface area (Å²) in [5, 5.41) is 2.72. The van der Waals surface area contributed by atoms with Gasteiger partial charge in [0.1, 0.15) is 6.54 Å². The Morgan fingerprint density at radius 3 is 2.59 bits per heavy atom. The van der Waals surface area contributed by atoms with E-state index in [1.54, 1.807) is 42.7 Å². The number of carbonyl (C=O) groups excluding carboxylic acids is 3. The van der Waals surface area contributed by atoms with E-state index >= 15 is 0 Å². The molecule has 1 aromatic carbocycles. The fraction of sp³-hybridized carbons (Fsp3) is 0.350. The van der Waals surface area contributed by atoms with Gasteiger partial charge in [0.25, 0.3) is 5.91 Å². The number of hydrogen-bond acceptors (Lipinski definition) is 7. The number of anilines is 3. The van der Waals surface area contributed by atoms with Crippen LogP contribution in [0.2, 0.25) is 0 Å². The average molecular weight is 395 g/mol. The van der Waals surface area contributed by atoms with Gasteiger partial charge in [0, 0.05) is 25.5 Å². The maximum atomic E-state index is 12.6. The summed E-state index contributed by atoms with van der Waals surface area (Å²) in [5.41, 5.74) is 1.17. The fourth-order valence-electron chi connectivity index (χ4n) is 3.55. The summed E-state index contributed by atoms with van der Waals surface area (Å²) in [7, 11) is 0. The van der Waals surface area contributed by atoms with E-state index in [2.05, 4.69) is 15.3 Å². The molecule has 0 aliphatic carbocycles. The van der Waals surface area contributed by atoms with Crippen LogP contribution in [0.15, 0.2) is 42.7 Å². The van der Waals surface area contributed by atoms with Crippen molar-refractivity contribution in [1.82, 2.24) is 9.97 Å². The van der Waals surface area contributed by atoms with Gasteiger partial charge < -0.3 is 15.0 Å². The molecule has 0 radical (unpaired) electrons. The average Bonchev–Trinajstić information content (AvgIpc) is 2.77. The van der Waals surface area contributed by atoms with Crippen LogP contribution in [0.5, 0.6) is 0 Å². The zero-order valence-electron chi connectivity index (χ0n) is 15.8. The van der Waals surface area contributed by atoms with Crippen LogP contribution in [0.4, 0.5) is 17.3 Å². The van der Waals surface area contributed by atoms with Gasteiger partial charge in [-0.25, -0.2) is 9.97 Å². The smallest absolute Gasteiger partial charge is 0.309 e. The third kappa shape index (κ3) is 4.18. The molecule has 4 rings (SSSR count). The van der Waals surface area contributed by atoms with E-state index in [4.69, 9.17) is 4.74 Å². The molecule has 0 bridgehead atoms. The molecule has 0 unspecified atom stereocenters. The molecule has 9 nitrogen and oxygen atoms in total. The summed E-state index contributed by atoms with van der Waals surface area (Å²) in [5.74, 6) is -0.701. The van der Waals surface area contributed by atoms with Crippen LogP contribution in [0.1, 0.15) is 12.8 Å². The highest BCUT2D eigenvalue weighted by Crippen LogP contribution is 2.29. The van der Waals surface area contributed by atoms with E-state index in [1.165, 1.54) is 4.90 Å². The van der Waals surface area contributed by atoms with E-state index in [1.807, 2.05) is 4.90 Å². The minimum absolute atomic E-state index is 0.0944. The molecule has 1 aromatic heterocycles. The molecule has 29 heavy (non-hydrogen) atoms. The second kappa shape index (κ2) is 8.26. The van der Waals surface area contributed by atoms with Crippen LogP contribution in [-0.2, 0) is 19.1 Å². The van der Waals surface area contributed by atoms with E-state index in [-0.39, 0.29) is 30.9 Å². The Morgan fingerprint density at radius 1 is 1.10 bits per heavy atom. The molecular weight excluding hydrogens is 374 g/mol. The van der Waals surface area contributed by atoms with Crippen LogP contribution in [0.3, 0.4) is 0 Å². The topological polar surface area (TPSA) is 105 Å². The largest absolute Gasteiger partial charge is 0.455 e. The highest BCUT2D eigenvalue weighted by molar-refractivity contribution is 6.10. The van der Waals surface area contributed by atoms with Crippen molar-refractivity contribution >= 4 is 35.1 Å². The van der Waals surface area contributed by atoms with Crippen LogP contribution >= 0.6 is 0 Å². The molecule has 2 amide bonds. The Morgan fingerprint density at radius 2 is 1.83 bits per heavy atom. The molecule has 2 aromatic rings. The van der Waals surface area contributed by atoms with Crippen molar-refractivity contribution in [3.05, 3.63) is 42.7 Å². The number of aromatic nitrogens is 2. The maximum absolute atomic E-state index is 12.6.